The summed E-state index contributed by atoms with van der Waals surface area (Å²) in [6, 6.07) is 0. The van der Waals surface area contributed by atoms with E-state index in [1.54, 1.807) is 7.11 Å². The highest BCUT2D eigenvalue weighted by atomic mass is 16.5. The van der Waals surface area contributed by atoms with Crippen LogP contribution in [0.2, 0.25) is 0 Å². The van der Waals surface area contributed by atoms with E-state index in [1.165, 1.54) is 0 Å². The molecule has 76 valence electrons. The lowest BCUT2D eigenvalue weighted by Gasteiger charge is -2.14. The Morgan fingerprint density at radius 1 is 1.69 bits per heavy atom. The van der Waals surface area contributed by atoms with Gasteiger partial charge in [-0.2, -0.15) is 0 Å². The molecule has 0 radical (unpaired) electrons. The molecule has 1 rings (SSSR count). The second-order valence-corrected chi connectivity index (χ2v) is 3.47. The van der Waals surface area contributed by atoms with Crippen LogP contribution in [-0.2, 0) is 9.53 Å². The Kier molecular flexibility index (Phi) is 4.18. The molecule has 0 aliphatic carbocycles. The average molecular weight is 187 g/mol. The van der Waals surface area contributed by atoms with Crippen LogP contribution >= 0.6 is 0 Å². The first-order chi connectivity index (χ1) is 6.24. The average Bonchev–Trinajstić information content (AvgIpc) is 2.53. The lowest BCUT2D eigenvalue weighted by molar-refractivity contribution is -0.141. The van der Waals surface area contributed by atoms with Crippen LogP contribution < -0.4 is 0 Å². The van der Waals surface area contributed by atoms with Gasteiger partial charge in [-0.15, -0.1) is 0 Å². The number of rotatable bonds is 5. The van der Waals surface area contributed by atoms with Crippen LogP contribution in [-0.4, -0.2) is 49.3 Å². The number of aliphatic carboxylic acids is 1. The maximum absolute atomic E-state index is 10.6. The molecular weight excluding hydrogens is 170 g/mol. The molecule has 0 bridgehead atoms. The van der Waals surface area contributed by atoms with E-state index in [0.29, 0.717) is 6.54 Å². The highest BCUT2D eigenvalue weighted by molar-refractivity contribution is 5.70. The standard InChI is InChI=1S/C9H17NO3/c1-13-6-2-4-10-5-3-8(7-10)9(11)12/h8H,2-7H2,1H3,(H,11,12). The van der Waals surface area contributed by atoms with Crippen LogP contribution in [0.25, 0.3) is 0 Å². The minimum atomic E-state index is -0.658. The monoisotopic (exact) mass is 187 g/mol. The van der Waals surface area contributed by atoms with Gasteiger partial charge in [-0.3, -0.25) is 4.79 Å². The van der Waals surface area contributed by atoms with Gasteiger partial charge in [0.2, 0.25) is 0 Å². The first-order valence-electron chi connectivity index (χ1n) is 4.68. The normalized spacial score (nSPS) is 23.6. The Balaban J connectivity index is 2.14. The molecule has 0 aromatic rings. The Morgan fingerprint density at radius 2 is 2.46 bits per heavy atom. The number of hydrogen-bond acceptors (Lipinski definition) is 3. The van der Waals surface area contributed by atoms with Crippen molar-refractivity contribution in [3.05, 3.63) is 0 Å². The molecule has 1 aliphatic heterocycles. The number of ether oxygens (including phenoxy) is 1. The Bertz CT molecular complexity index is 172. The van der Waals surface area contributed by atoms with E-state index in [4.69, 9.17) is 9.84 Å². The molecule has 1 fully saturated rings. The molecule has 0 aromatic carbocycles. The number of carboxylic acid groups (broad SMARTS) is 1. The molecule has 1 aliphatic rings. The van der Waals surface area contributed by atoms with Gasteiger partial charge in [0, 0.05) is 26.8 Å². The molecule has 1 heterocycles. The van der Waals surface area contributed by atoms with Gasteiger partial charge in [0.05, 0.1) is 5.92 Å². The predicted molar refractivity (Wildman–Crippen MR) is 48.7 cm³/mol. The second-order valence-electron chi connectivity index (χ2n) is 3.47. The van der Waals surface area contributed by atoms with Crippen molar-refractivity contribution >= 4 is 5.97 Å². The minimum absolute atomic E-state index is 0.150. The molecule has 0 spiro atoms. The van der Waals surface area contributed by atoms with Crippen molar-refractivity contribution in [2.24, 2.45) is 5.92 Å². The summed E-state index contributed by atoms with van der Waals surface area (Å²) in [5.74, 6) is -0.809. The first kappa shape index (κ1) is 10.5. The van der Waals surface area contributed by atoms with Crippen molar-refractivity contribution < 1.29 is 14.6 Å². The largest absolute Gasteiger partial charge is 0.481 e. The molecule has 0 amide bonds. The highest BCUT2D eigenvalue weighted by Crippen LogP contribution is 2.15. The summed E-state index contributed by atoms with van der Waals surface area (Å²) in [7, 11) is 1.68. The molecule has 1 atom stereocenters. The summed E-state index contributed by atoms with van der Waals surface area (Å²) in [5.41, 5.74) is 0. The molecule has 4 heteroatoms. The van der Waals surface area contributed by atoms with E-state index < -0.39 is 5.97 Å². The summed E-state index contributed by atoms with van der Waals surface area (Å²) in [5, 5.41) is 8.75. The van der Waals surface area contributed by atoms with E-state index in [-0.39, 0.29) is 5.92 Å². The third kappa shape index (κ3) is 3.32. The van der Waals surface area contributed by atoms with E-state index in [9.17, 15) is 4.79 Å². The van der Waals surface area contributed by atoms with E-state index in [1.807, 2.05) is 0 Å². The summed E-state index contributed by atoms with van der Waals surface area (Å²) >= 11 is 0. The fraction of sp³-hybridized carbons (Fsp3) is 0.889. The van der Waals surface area contributed by atoms with Crippen molar-refractivity contribution in [3.63, 3.8) is 0 Å². The lowest BCUT2D eigenvalue weighted by Crippen LogP contribution is -2.24. The predicted octanol–water partition coefficient (Wildman–Crippen LogP) is 0.429. The van der Waals surface area contributed by atoms with Gasteiger partial charge in [-0.05, 0) is 19.4 Å². The third-order valence-corrected chi connectivity index (χ3v) is 2.44. The fourth-order valence-corrected chi connectivity index (χ4v) is 1.67. The summed E-state index contributed by atoms with van der Waals surface area (Å²) in [4.78, 5) is 12.8. The number of carbonyl (C=O) groups is 1. The number of carboxylic acids is 1. The highest BCUT2D eigenvalue weighted by Gasteiger charge is 2.27. The van der Waals surface area contributed by atoms with Crippen LogP contribution in [0, 0.1) is 5.92 Å². The molecule has 0 saturated carbocycles. The molecular formula is C9H17NO3. The van der Waals surface area contributed by atoms with Gasteiger partial charge < -0.3 is 14.7 Å². The molecule has 1 N–H and O–H groups in total. The quantitative estimate of drug-likeness (QED) is 0.634. The number of nitrogens with zero attached hydrogens (tertiary/aromatic N) is 1. The van der Waals surface area contributed by atoms with Crippen LogP contribution in [0.5, 0.6) is 0 Å². The van der Waals surface area contributed by atoms with E-state index >= 15 is 0 Å². The van der Waals surface area contributed by atoms with Crippen molar-refractivity contribution in [1.82, 2.24) is 4.90 Å². The lowest BCUT2D eigenvalue weighted by atomic mass is 10.1. The molecule has 1 unspecified atom stereocenters. The SMILES string of the molecule is COCCCN1CCC(C(=O)O)C1. The number of methoxy groups -OCH3 is 1. The fourth-order valence-electron chi connectivity index (χ4n) is 1.67. The van der Waals surface area contributed by atoms with Gasteiger partial charge in [-0.1, -0.05) is 0 Å². The third-order valence-electron chi connectivity index (χ3n) is 2.44. The van der Waals surface area contributed by atoms with Crippen molar-refractivity contribution in [1.29, 1.82) is 0 Å². The Labute approximate surface area is 78.5 Å². The van der Waals surface area contributed by atoms with Crippen LogP contribution in [0.1, 0.15) is 12.8 Å². The summed E-state index contributed by atoms with van der Waals surface area (Å²) < 4.78 is 4.93. The maximum atomic E-state index is 10.6. The second kappa shape index (κ2) is 5.19. The number of hydrogen-bond donors (Lipinski definition) is 1. The topological polar surface area (TPSA) is 49.8 Å². The van der Waals surface area contributed by atoms with Crippen molar-refractivity contribution in [2.45, 2.75) is 12.8 Å². The molecule has 0 aromatic heterocycles. The van der Waals surface area contributed by atoms with Crippen LogP contribution in [0.15, 0.2) is 0 Å². The van der Waals surface area contributed by atoms with Gasteiger partial charge in [0.1, 0.15) is 0 Å². The van der Waals surface area contributed by atoms with Gasteiger partial charge >= 0.3 is 5.97 Å². The van der Waals surface area contributed by atoms with E-state index in [0.717, 1.165) is 32.5 Å². The molecule has 13 heavy (non-hydrogen) atoms. The van der Waals surface area contributed by atoms with Gasteiger partial charge in [0.25, 0.3) is 0 Å². The minimum Gasteiger partial charge on any atom is -0.481 e. The summed E-state index contributed by atoms with van der Waals surface area (Å²) in [6.07, 6.45) is 1.78. The van der Waals surface area contributed by atoms with Crippen LogP contribution in [0.4, 0.5) is 0 Å². The number of likely N-dealkylation sites (tertiary alicyclic amines) is 1. The molecule has 4 nitrogen and oxygen atoms in total. The smallest absolute Gasteiger partial charge is 0.307 e. The zero-order valence-corrected chi connectivity index (χ0v) is 8.03. The van der Waals surface area contributed by atoms with Crippen LogP contribution in [0.3, 0.4) is 0 Å². The van der Waals surface area contributed by atoms with E-state index in [2.05, 4.69) is 4.90 Å². The maximum Gasteiger partial charge on any atom is 0.307 e. The molecule has 1 saturated heterocycles. The Morgan fingerprint density at radius 3 is 3.00 bits per heavy atom. The van der Waals surface area contributed by atoms with Gasteiger partial charge in [0.15, 0.2) is 0 Å². The summed E-state index contributed by atoms with van der Waals surface area (Å²) in [6.45, 7) is 3.34. The van der Waals surface area contributed by atoms with Crippen molar-refractivity contribution in [3.8, 4) is 0 Å². The zero-order chi connectivity index (χ0) is 9.68. The Hall–Kier alpha value is -0.610. The zero-order valence-electron chi connectivity index (χ0n) is 8.03. The van der Waals surface area contributed by atoms with Gasteiger partial charge in [-0.25, -0.2) is 0 Å². The van der Waals surface area contributed by atoms with Crippen molar-refractivity contribution in [2.75, 3.05) is 33.4 Å². The first-order valence-corrected chi connectivity index (χ1v) is 4.68.